The number of hydrogen-bond donors (Lipinski definition) is 1. The first-order valence-corrected chi connectivity index (χ1v) is 8.28. The molecule has 0 heterocycles. The number of amides is 1. The SMILES string of the molecule is CCC(c1cccc(OC(=O)NC)c1)N(C)C.CI. The second kappa shape index (κ2) is 10.0. The lowest BCUT2D eigenvalue weighted by Crippen LogP contribution is -2.22. The third kappa shape index (κ3) is 6.24. The second-order valence-electron chi connectivity index (χ2n) is 4.10. The Morgan fingerprint density at radius 1 is 1.42 bits per heavy atom. The average Bonchev–Trinajstić information content (AvgIpc) is 2.41. The average molecular weight is 378 g/mol. The van der Waals surface area contributed by atoms with Crippen molar-refractivity contribution in [2.24, 2.45) is 0 Å². The van der Waals surface area contributed by atoms with E-state index < -0.39 is 6.09 Å². The molecule has 0 radical (unpaired) electrons. The molecule has 0 aromatic heterocycles. The van der Waals surface area contributed by atoms with E-state index in [1.807, 2.05) is 37.2 Å². The molecule has 0 fully saturated rings. The zero-order valence-electron chi connectivity index (χ0n) is 12.2. The van der Waals surface area contributed by atoms with Crippen LogP contribution in [0.25, 0.3) is 0 Å². The van der Waals surface area contributed by atoms with Crippen LogP contribution in [0, 0.1) is 0 Å². The van der Waals surface area contributed by atoms with Gasteiger partial charge in [0.25, 0.3) is 0 Å². The molecule has 1 aromatic rings. The normalized spacial score (nSPS) is 11.3. The largest absolute Gasteiger partial charge is 0.412 e. The monoisotopic (exact) mass is 378 g/mol. The highest BCUT2D eigenvalue weighted by atomic mass is 127. The smallest absolute Gasteiger partial charge is 0.410 e. The number of hydrogen-bond acceptors (Lipinski definition) is 3. The predicted molar refractivity (Wildman–Crippen MR) is 88.2 cm³/mol. The summed E-state index contributed by atoms with van der Waals surface area (Å²) in [5.41, 5.74) is 1.15. The summed E-state index contributed by atoms with van der Waals surface area (Å²) in [7, 11) is 5.63. The van der Waals surface area contributed by atoms with Crippen molar-refractivity contribution in [2.75, 3.05) is 26.1 Å². The van der Waals surface area contributed by atoms with E-state index in [4.69, 9.17) is 4.74 Å². The standard InChI is InChI=1S/C13H20N2O2.CH3I/c1-5-12(15(3)4)10-7-6-8-11(9-10)17-13(16)14-2;1-2/h6-9,12H,5H2,1-4H3,(H,14,16);1H3. The molecule has 19 heavy (non-hydrogen) atoms. The fraction of sp³-hybridized carbons (Fsp3) is 0.500. The van der Waals surface area contributed by atoms with E-state index in [2.05, 4.69) is 39.7 Å². The second-order valence-corrected chi connectivity index (χ2v) is 4.10. The zero-order valence-corrected chi connectivity index (χ0v) is 14.4. The van der Waals surface area contributed by atoms with Crippen LogP contribution in [-0.2, 0) is 0 Å². The Kier molecular flexibility index (Phi) is 9.59. The van der Waals surface area contributed by atoms with Gasteiger partial charge in [0, 0.05) is 13.1 Å². The van der Waals surface area contributed by atoms with E-state index in [1.54, 1.807) is 13.1 Å². The van der Waals surface area contributed by atoms with Crippen molar-refractivity contribution in [1.82, 2.24) is 10.2 Å². The van der Waals surface area contributed by atoms with E-state index >= 15 is 0 Å². The van der Waals surface area contributed by atoms with Gasteiger partial charge < -0.3 is 15.0 Å². The van der Waals surface area contributed by atoms with E-state index in [-0.39, 0.29) is 0 Å². The molecule has 1 atom stereocenters. The van der Waals surface area contributed by atoms with Gasteiger partial charge in [0.2, 0.25) is 0 Å². The van der Waals surface area contributed by atoms with Crippen LogP contribution in [0.15, 0.2) is 24.3 Å². The maximum absolute atomic E-state index is 11.1. The number of benzene rings is 1. The van der Waals surface area contributed by atoms with E-state index in [0.29, 0.717) is 11.8 Å². The highest BCUT2D eigenvalue weighted by molar-refractivity contribution is 14.1. The molecule has 1 N–H and O–H groups in total. The molecule has 1 aromatic carbocycles. The quantitative estimate of drug-likeness (QED) is 0.645. The van der Waals surface area contributed by atoms with Crippen LogP contribution in [0.3, 0.4) is 0 Å². The molecule has 0 saturated carbocycles. The summed E-state index contributed by atoms with van der Waals surface area (Å²) in [5.74, 6) is 0.571. The van der Waals surface area contributed by atoms with Crippen molar-refractivity contribution in [1.29, 1.82) is 0 Å². The van der Waals surface area contributed by atoms with Crippen LogP contribution in [0.2, 0.25) is 0 Å². The van der Waals surface area contributed by atoms with Gasteiger partial charge in [-0.15, -0.1) is 0 Å². The fourth-order valence-corrected chi connectivity index (χ4v) is 1.84. The van der Waals surface area contributed by atoms with Gasteiger partial charge in [-0.3, -0.25) is 0 Å². The minimum atomic E-state index is -0.444. The molecular formula is C14H23IN2O2. The van der Waals surface area contributed by atoms with Gasteiger partial charge in [-0.2, -0.15) is 0 Å². The molecule has 1 amide bonds. The van der Waals surface area contributed by atoms with Gasteiger partial charge in [-0.25, -0.2) is 4.79 Å². The third-order valence-electron chi connectivity index (χ3n) is 2.67. The molecule has 0 bridgehead atoms. The molecule has 1 rings (SSSR count). The van der Waals surface area contributed by atoms with Crippen LogP contribution in [0.4, 0.5) is 4.79 Å². The Bertz CT molecular complexity index is 383. The van der Waals surface area contributed by atoms with Gasteiger partial charge >= 0.3 is 6.09 Å². The lowest BCUT2D eigenvalue weighted by Gasteiger charge is -2.23. The van der Waals surface area contributed by atoms with E-state index in [1.165, 1.54) is 0 Å². The molecule has 5 heteroatoms. The van der Waals surface area contributed by atoms with Gasteiger partial charge in [0.05, 0.1) is 0 Å². The molecule has 0 saturated heterocycles. The Labute approximate surface area is 129 Å². The molecule has 1 unspecified atom stereocenters. The van der Waals surface area contributed by atoms with E-state index in [0.717, 1.165) is 12.0 Å². The zero-order chi connectivity index (χ0) is 14.8. The first-order chi connectivity index (χ1) is 9.08. The van der Waals surface area contributed by atoms with Crippen molar-refractivity contribution < 1.29 is 9.53 Å². The van der Waals surface area contributed by atoms with Crippen LogP contribution < -0.4 is 10.1 Å². The summed E-state index contributed by atoms with van der Waals surface area (Å²) in [6, 6.07) is 7.97. The summed E-state index contributed by atoms with van der Waals surface area (Å²) in [6.45, 7) is 2.14. The highest BCUT2D eigenvalue weighted by Crippen LogP contribution is 2.25. The maximum atomic E-state index is 11.1. The number of carbonyl (C=O) groups is 1. The molecule has 0 aliphatic heterocycles. The maximum Gasteiger partial charge on any atom is 0.412 e. The molecule has 108 valence electrons. The van der Waals surface area contributed by atoms with Crippen molar-refractivity contribution >= 4 is 28.7 Å². The Morgan fingerprint density at radius 3 is 2.53 bits per heavy atom. The molecule has 0 aliphatic rings. The fourth-order valence-electron chi connectivity index (χ4n) is 1.84. The summed E-state index contributed by atoms with van der Waals surface area (Å²) in [6.07, 6.45) is 0.566. The Balaban J connectivity index is 0.00000154. The first-order valence-electron chi connectivity index (χ1n) is 6.12. The first kappa shape index (κ1) is 18.2. The molecule has 0 aliphatic carbocycles. The van der Waals surface area contributed by atoms with Crippen molar-refractivity contribution in [2.45, 2.75) is 19.4 Å². The number of halogens is 1. The van der Waals surface area contributed by atoms with Crippen molar-refractivity contribution in [3.63, 3.8) is 0 Å². The number of alkyl halides is 1. The lowest BCUT2D eigenvalue weighted by molar-refractivity contribution is 0.202. The number of nitrogens with one attached hydrogen (secondary N) is 1. The third-order valence-corrected chi connectivity index (χ3v) is 2.67. The lowest BCUT2D eigenvalue weighted by atomic mass is 10.0. The Morgan fingerprint density at radius 2 is 2.05 bits per heavy atom. The summed E-state index contributed by atoms with van der Waals surface area (Å²) >= 11 is 2.15. The predicted octanol–water partition coefficient (Wildman–Crippen LogP) is 3.47. The van der Waals surface area contributed by atoms with Crippen LogP contribution in [0.1, 0.15) is 24.9 Å². The molecule has 4 nitrogen and oxygen atoms in total. The van der Waals surface area contributed by atoms with Gasteiger partial charge in [-0.1, -0.05) is 41.6 Å². The van der Waals surface area contributed by atoms with Crippen molar-refractivity contribution in [3.05, 3.63) is 29.8 Å². The summed E-state index contributed by atoms with van der Waals surface area (Å²) in [4.78, 5) is 15.2. The number of rotatable bonds is 4. The van der Waals surface area contributed by atoms with Crippen molar-refractivity contribution in [3.8, 4) is 5.75 Å². The Hall–Kier alpha value is -0.820. The van der Waals surface area contributed by atoms with Crippen LogP contribution in [-0.4, -0.2) is 37.1 Å². The number of carbonyl (C=O) groups excluding carboxylic acids is 1. The van der Waals surface area contributed by atoms with E-state index in [9.17, 15) is 4.79 Å². The summed E-state index contributed by atoms with van der Waals surface area (Å²) in [5, 5.41) is 2.43. The van der Waals surface area contributed by atoms with Gasteiger partial charge in [-0.05, 0) is 43.1 Å². The number of nitrogens with zero attached hydrogens (tertiary/aromatic N) is 1. The summed E-state index contributed by atoms with van der Waals surface area (Å²) < 4.78 is 5.11. The molecule has 0 spiro atoms. The van der Waals surface area contributed by atoms with Gasteiger partial charge in [0.1, 0.15) is 5.75 Å². The highest BCUT2D eigenvalue weighted by Gasteiger charge is 2.12. The van der Waals surface area contributed by atoms with Crippen LogP contribution >= 0.6 is 22.6 Å². The molecular weight excluding hydrogens is 355 g/mol. The topological polar surface area (TPSA) is 41.6 Å². The minimum Gasteiger partial charge on any atom is -0.410 e. The minimum absolute atomic E-state index is 0.336. The number of ether oxygens (including phenoxy) is 1. The van der Waals surface area contributed by atoms with Gasteiger partial charge in [0.15, 0.2) is 0 Å². The van der Waals surface area contributed by atoms with Crippen LogP contribution in [0.5, 0.6) is 5.75 Å².